The van der Waals surface area contributed by atoms with E-state index in [0.717, 1.165) is 18.3 Å². The monoisotopic (exact) mass is 301 g/mol. The molecular formula is C16H23N5O. The van der Waals surface area contributed by atoms with Crippen LogP contribution >= 0.6 is 0 Å². The van der Waals surface area contributed by atoms with E-state index in [9.17, 15) is 0 Å². The molecule has 0 saturated heterocycles. The number of hydrogen-bond donors (Lipinski definition) is 1. The third-order valence-electron chi connectivity index (χ3n) is 4.19. The lowest BCUT2D eigenvalue weighted by Crippen LogP contribution is -2.19. The third kappa shape index (κ3) is 3.96. The summed E-state index contributed by atoms with van der Waals surface area (Å²) in [5.41, 5.74) is 0. The standard InChI is InChI=1S/C16H23N5O/c1-12-3-5-13(6-4-12)11-22-15-7-9-17-16(19-15)18-14-8-10-21(2)20-14/h7-10,12-13H,3-6,11H2,1-2H3,(H,17,18,19,20)/t12-,13-. The van der Waals surface area contributed by atoms with Crippen LogP contribution in [-0.4, -0.2) is 26.4 Å². The highest BCUT2D eigenvalue weighted by atomic mass is 16.5. The van der Waals surface area contributed by atoms with Gasteiger partial charge in [-0.2, -0.15) is 10.1 Å². The number of ether oxygens (including phenoxy) is 1. The molecule has 22 heavy (non-hydrogen) atoms. The second kappa shape index (κ2) is 6.77. The van der Waals surface area contributed by atoms with E-state index in [0.29, 0.717) is 17.7 Å². The van der Waals surface area contributed by atoms with Crippen LogP contribution in [0.4, 0.5) is 11.8 Å². The van der Waals surface area contributed by atoms with Crippen LogP contribution in [0.3, 0.4) is 0 Å². The molecule has 1 fully saturated rings. The summed E-state index contributed by atoms with van der Waals surface area (Å²) < 4.78 is 7.58. The highest BCUT2D eigenvalue weighted by Gasteiger charge is 2.18. The number of anilines is 2. The van der Waals surface area contributed by atoms with Gasteiger partial charge in [0.2, 0.25) is 11.8 Å². The Morgan fingerprint density at radius 3 is 2.82 bits per heavy atom. The average Bonchev–Trinajstić information content (AvgIpc) is 2.92. The third-order valence-corrected chi connectivity index (χ3v) is 4.19. The van der Waals surface area contributed by atoms with Crippen molar-refractivity contribution >= 4 is 11.8 Å². The van der Waals surface area contributed by atoms with Crippen LogP contribution in [-0.2, 0) is 7.05 Å². The second-order valence-electron chi connectivity index (χ2n) is 6.16. The molecule has 0 amide bonds. The van der Waals surface area contributed by atoms with Crippen molar-refractivity contribution in [2.24, 2.45) is 18.9 Å². The van der Waals surface area contributed by atoms with Gasteiger partial charge in [0.05, 0.1) is 6.61 Å². The van der Waals surface area contributed by atoms with Crippen molar-refractivity contribution in [3.05, 3.63) is 24.5 Å². The topological polar surface area (TPSA) is 64.9 Å². The molecule has 1 aliphatic rings. The van der Waals surface area contributed by atoms with E-state index >= 15 is 0 Å². The Labute approximate surface area is 130 Å². The molecule has 0 bridgehead atoms. The first-order valence-electron chi connectivity index (χ1n) is 7.91. The Kier molecular flexibility index (Phi) is 4.56. The molecule has 1 aliphatic carbocycles. The Hall–Kier alpha value is -2.11. The van der Waals surface area contributed by atoms with Gasteiger partial charge in [-0.05, 0) is 24.7 Å². The van der Waals surface area contributed by atoms with Crippen LogP contribution in [0.1, 0.15) is 32.6 Å². The van der Waals surface area contributed by atoms with Crippen molar-refractivity contribution in [3.8, 4) is 5.88 Å². The molecule has 6 nitrogen and oxygen atoms in total. The Bertz CT molecular complexity index is 604. The van der Waals surface area contributed by atoms with Crippen molar-refractivity contribution in [1.82, 2.24) is 19.7 Å². The largest absolute Gasteiger partial charge is 0.477 e. The molecule has 0 spiro atoms. The van der Waals surface area contributed by atoms with Crippen molar-refractivity contribution in [2.75, 3.05) is 11.9 Å². The zero-order chi connectivity index (χ0) is 15.4. The summed E-state index contributed by atoms with van der Waals surface area (Å²) in [5, 5.41) is 7.32. The maximum atomic E-state index is 5.85. The molecule has 118 valence electrons. The highest BCUT2D eigenvalue weighted by Crippen LogP contribution is 2.28. The minimum absolute atomic E-state index is 0.508. The molecule has 1 N–H and O–H groups in total. The number of nitrogens with zero attached hydrogens (tertiary/aromatic N) is 4. The van der Waals surface area contributed by atoms with E-state index in [4.69, 9.17) is 4.74 Å². The molecule has 3 rings (SSSR count). The zero-order valence-electron chi connectivity index (χ0n) is 13.2. The molecule has 0 radical (unpaired) electrons. The van der Waals surface area contributed by atoms with E-state index in [1.807, 2.05) is 19.3 Å². The van der Waals surface area contributed by atoms with E-state index in [1.54, 1.807) is 16.9 Å². The molecular weight excluding hydrogens is 278 g/mol. The average molecular weight is 301 g/mol. The summed E-state index contributed by atoms with van der Waals surface area (Å²) in [6.45, 7) is 3.07. The van der Waals surface area contributed by atoms with E-state index < -0.39 is 0 Å². The van der Waals surface area contributed by atoms with E-state index in [1.165, 1.54) is 25.7 Å². The summed E-state index contributed by atoms with van der Waals surface area (Å²) in [7, 11) is 1.87. The van der Waals surface area contributed by atoms with Gasteiger partial charge in [-0.1, -0.05) is 19.8 Å². The van der Waals surface area contributed by atoms with Crippen molar-refractivity contribution < 1.29 is 4.74 Å². The smallest absolute Gasteiger partial charge is 0.231 e. The van der Waals surface area contributed by atoms with Gasteiger partial charge in [-0.3, -0.25) is 4.68 Å². The van der Waals surface area contributed by atoms with Crippen LogP contribution < -0.4 is 10.1 Å². The fraction of sp³-hybridized carbons (Fsp3) is 0.562. The highest BCUT2D eigenvalue weighted by molar-refractivity contribution is 5.46. The van der Waals surface area contributed by atoms with Crippen molar-refractivity contribution in [1.29, 1.82) is 0 Å². The van der Waals surface area contributed by atoms with Gasteiger partial charge in [-0.25, -0.2) is 4.98 Å². The summed E-state index contributed by atoms with van der Waals surface area (Å²) in [6, 6.07) is 3.68. The summed E-state index contributed by atoms with van der Waals surface area (Å²) >= 11 is 0. The van der Waals surface area contributed by atoms with Gasteiger partial charge in [0, 0.05) is 31.6 Å². The fourth-order valence-electron chi connectivity index (χ4n) is 2.78. The molecule has 6 heteroatoms. The Morgan fingerprint density at radius 1 is 1.27 bits per heavy atom. The lowest BCUT2D eigenvalue weighted by Gasteiger charge is -2.25. The van der Waals surface area contributed by atoms with Gasteiger partial charge in [0.25, 0.3) is 0 Å². The summed E-state index contributed by atoms with van der Waals surface area (Å²) in [6.07, 6.45) is 8.70. The number of aryl methyl sites for hydroxylation is 1. The quantitative estimate of drug-likeness (QED) is 0.919. The van der Waals surface area contributed by atoms with Crippen molar-refractivity contribution in [2.45, 2.75) is 32.6 Å². The second-order valence-corrected chi connectivity index (χ2v) is 6.16. The first kappa shape index (κ1) is 14.8. The minimum Gasteiger partial charge on any atom is -0.477 e. The predicted molar refractivity (Wildman–Crippen MR) is 85.1 cm³/mol. The number of aromatic nitrogens is 4. The SMILES string of the molecule is Cn1ccc(Nc2nccc(OC[C@H]3CC[C@H](C)CC3)n2)n1. The normalized spacial score (nSPS) is 21.5. The van der Waals surface area contributed by atoms with Gasteiger partial charge in [-0.15, -0.1) is 0 Å². The maximum Gasteiger partial charge on any atom is 0.231 e. The van der Waals surface area contributed by atoms with Crippen molar-refractivity contribution in [3.63, 3.8) is 0 Å². The van der Waals surface area contributed by atoms with Gasteiger partial charge < -0.3 is 10.1 Å². The molecule has 2 aromatic rings. The van der Waals surface area contributed by atoms with Crippen LogP contribution in [0.2, 0.25) is 0 Å². The molecule has 0 unspecified atom stereocenters. The minimum atomic E-state index is 0.508. The number of nitrogens with one attached hydrogen (secondary N) is 1. The van der Waals surface area contributed by atoms with Gasteiger partial charge >= 0.3 is 0 Å². The fourth-order valence-corrected chi connectivity index (χ4v) is 2.78. The van der Waals surface area contributed by atoms with Crippen LogP contribution in [0.25, 0.3) is 0 Å². The molecule has 0 aliphatic heterocycles. The summed E-state index contributed by atoms with van der Waals surface area (Å²) in [5.74, 6) is 3.37. The van der Waals surface area contributed by atoms with Crippen LogP contribution in [0.15, 0.2) is 24.5 Å². The van der Waals surface area contributed by atoms with Gasteiger partial charge in [0.1, 0.15) is 0 Å². The Morgan fingerprint density at radius 2 is 2.09 bits per heavy atom. The lowest BCUT2D eigenvalue weighted by atomic mass is 9.83. The molecule has 2 heterocycles. The van der Waals surface area contributed by atoms with Gasteiger partial charge in [0.15, 0.2) is 5.82 Å². The number of hydrogen-bond acceptors (Lipinski definition) is 5. The first-order chi connectivity index (χ1) is 10.7. The molecule has 0 aromatic carbocycles. The molecule has 1 saturated carbocycles. The summed E-state index contributed by atoms with van der Waals surface area (Å²) in [4.78, 5) is 8.58. The van der Waals surface area contributed by atoms with E-state index in [-0.39, 0.29) is 0 Å². The van der Waals surface area contributed by atoms with Crippen LogP contribution in [0.5, 0.6) is 5.88 Å². The van der Waals surface area contributed by atoms with Crippen LogP contribution in [0, 0.1) is 11.8 Å². The lowest BCUT2D eigenvalue weighted by molar-refractivity contribution is 0.183. The van der Waals surface area contributed by atoms with E-state index in [2.05, 4.69) is 27.3 Å². The number of rotatable bonds is 5. The first-order valence-corrected chi connectivity index (χ1v) is 7.91. The maximum absolute atomic E-state index is 5.85. The molecule has 0 atom stereocenters. The molecule has 2 aromatic heterocycles. The predicted octanol–water partition coefficient (Wildman–Crippen LogP) is 3.16. The Balaban J connectivity index is 1.54. The zero-order valence-corrected chi connectivity index (χ0v) is 13.2.